The summed E-state index contributed by atoms with van der Waals surface area (Å²) in [6.07, 6.45) is 1.00. The second-order valence-corrected chi connectivity index (χ2v) is 9.62. The molecule has 6 nitrogen and oxygen atoms in total. The van der Waals surface area contributed by atoms with Crippen molar-refractivity contribution in [3.63, 3.8) is 0 Å². The van der Waals surface area contributed by atoms with Gasteiger partial charge in [-0.1, -0.05) is 41.9 Å². The van der Waals surface area contributed by atoms with Gasteiger partial charge in [-0.05, 0) is 48.0 Å². The van der Waals surface area contributed by atoms with E-state index in [2.05, 4.69) is 15.2 Å². The monoisotopic (exact) mass is 518 g/mol. The number of carbonyl (C=O) groups excluding carboxylic acids is 1. The number of nitrogens with one attached hydrogen (secondary N) is 1. The number of anilines is 1. The van der Waals surface area contributed by atoms with E-state index in [4.69, 9.17) is 11.6 Å². The number of piperazine rings is 1. The highest BCUT2D eigenvalue weighted by molar-refractivity contribution is 6.30. The number of benzene rings is 3. The molecule has 8 heteroatoms. The number of amides is 1. The molecular weight excluding hydrogens is 491 g/mol. The summed E-state index contributed by atoms with van der Waals surface area (Å²) < 4.78 is 13.7. The highest BCUT2D eigenvalue weighted by atomic mass is 35.5. The summed E-state index contributed by atoms with van der Waals surface area (Å²) in [5, 5.41) is 15.1. The van der Waals surface area contributed by atoms with Crippen LogP contribution in [0.25, 0.3) is 10.9 Å². The molecule has 0 aliphatic carbocycles. The lowest BCUT2D eigenvalue weighted by atomic mass is 10.0. The lowest BCUT2D eigenvalue weighted by molar-refractivity contribution is 0.0628. The summed E-state index contributed by atoms with van der Waals surface area (Å²) in [7, 11) is 0. The number of halogens is 2. The molecule has 1 aromatic heterocycles. The van der Waals surface area contributed by atoms with E-state index in [1.165, 1.54) is 6.07 Å². The van der Waals surface area contributed by atoms with Gasteiger partial charge in [-0.25, -0.2) is 4.39 Å². The zero-order valence-corrected chi connectivity index (χ0v) is 21.0. The third-order valence-electron chi connectivity index (χ3n) is 6.70. The van der Waals surface area contributed by atoms with Crippen molar-refractivity contribution in [2.24, 2.45) is 0 Å². The second kappa shape index (κ2) is 11.3. The third-order valence-corrected chi connectivity index (χ3v) is 7.01. The molecule has 4 aromatic rings. The zero-order chi connectivity index (χ0) is 25.8. The standard InChI is InChI=1S/C29H28ClFN4O2/c30-25-11-6-20(17-26(25)31)19-34-13-15-35(16-14-34)29(37)22-7-9-23(10-8-22)33-18-27(36)24-5-1-3-21-4-2-12-32-28(21)24/h1-12,17,27,33,36H,13-16,18-19H2. The van der Waals surface area contributed by atoms with Gasteiger partial charge in [0.15, 0.2) is 0 Å². The molecule has 1 amide bonds. The molecule has 1 aliphatic rings. The van der Waals surface area contributed by atoms with Crippen LogP contribution < -0.4 is 5.32 Å². The number of hydrogen-bond donors (Lipinski definition) is 2. The van der Waals surface area contributed by atoms with Crippen LogP contribution in [0.3, 0.4) is 0 Å². The van der Waals surface area contributed by atoms with Crippen LogP contribution in [-0.4, -0.2) is 58.5 Å². The summed E-state index contributed by atoms with van der Waals surface area (Å²) in [6, 6.07) is 21.8. The lowest BCUT2D eigenvalue weighted by Gasteiger charge is -2.34. The van der Waals surface area contributed by atoms with E-state index >= 15 is 0 Å². The number of hydrogen-bond acceptors (Lipinski definition) is 5. The molecule has 1 atom stereocenters. The van der Waals surface area contributed by atoms with Crippen LogP contribution >= 0.6 is 11.6 Å². The minimum atomic E-state index is -0.722. The van der Waals surface area contributed by atoms with Crippen LogP contribution in [0.5, 0.6) is 0 Å². The minimum Gasteiger partial charge on any atom is -0.386 e. The van der Waals surface area contributed by atoms with Gasteiger partial charge in [-0.15, -0.1) is 0 Å². The van der Waals surface area contributed by atoms with Crippen molar-refractivity contribution in [2.75, 3.05) is 38.0 Å². The Morgan fingerprint density at radius 3 is 2.54 bits per heavy atom. The number of aromatic nitrogens is 1. The molecule has 0 spiro atoms. The molecule has 0 radical (unpaired) electrons. The number of para-hydroxylation sites is 1. The van der Waals surface area contributed by atoms with E-state index < -0.39 is 11.9 Å². The third kappa shape index (κ3) is 5.91. The van der Waals surface area contributed by atoms with Crippen molar-refractivity contribution >= 4 is 34.1 Å². The van der Waals surface area contributed by atoms with E-state index in [1.54, 1.807) is 24.4 Å². The first-order valence-electron chi connectivity index (χ1n) is 12.3. The van der Waals surface area contributed by atoms with Gasteiger partial charge in [-0.3, -0.25) is 14.7 Å². The van der Waals surface area contributed by atoms with Gasteiger partial charge in [0.05, 0.1) is 16.6 Å². The number of fused-ring (bicyclic) bond motifs is 1. The Labute approximate surface area is 220 Å². The fourth-order valence-corrected chi connectivity index (χ4v) is 4.76. The van der Waals surface area contributed by atoms with Gasteiger partial charge in [0.25, 0.3) is 5.91 Å². The van der Waals surface area contributed by atoms with Crippen LogP contribution in [0, 0.1) is 5.82 Å². The molecule has 0 bridgehead atoms. The molecule has 3 aromatic carbocycles. The van der Waals surface area contributed by atoms with Crippen LogP contribution in [0.1, 0.15) is 27.6 Å². The molecule has 2 heterocycles. The lowest BCUT2D eigenvalue weighted by Crippen LogP contribution is -2.48. The summed E-state index contributed by atoms with van der Waals surface area (Å²) in [5.74, 6) is -0.420. The molecule has 1 aliphatic heterocycles. The quantitative estimate of drug-likeness (QED) is 0.355. The Kier molecular flexibility index (Phi) is 7.65. The molecule has 0 saturated carbocycles. The maximum Gasteiger partial charge on any atom is 0.253 e. The van der Waals surface area contributed by atoms with Crippen molar-refractivity contribution in [1.29, 1.82) is 0 Å². The second-order valence-electron chi connectivity index (χ2n) is 9.21. The predicted molar refractivity (Wildman–Crippen MR) is 144 cm³/mol. The van der Waals surface area contributed by atoms with E-state index in [9.17, 15) is 14.3 Å². The van der Waals surface area contributed by atoms with Gasteiger partial charge in [0.2, 0.25) is 0 Å². The number of carbonyl (C=O) groups is 1. The topological polar surface area (TPSA) is 68.7 Å². The van der Waals surface area contributed by atoms with Crippen molar-refractivity contribution in [3.05, 3.63) is 107 Å². The number of aliphatic hydroxyl groups excluding tert-OH is 1. The van der Waals surface area contributed by atoms with E-state index in [0.717, 1.165) is 40.8 Å². The highest BCUT2D eigenvalue weighted by Gasteiger charge is 2.22. The van der Waals surface area contributed by atoms with E-state index in [1.807, 2.05) is 53.4 Å². The normalized spacial score (nSPS) is 15.1. The number of aliphatic hydroxyl groups is 1. The first-order valence-corrected chi connectivity index (χ1v) is 12.7. The summed E-state index contributed by atoms with van der Waals surface area (Å²) in [5.41, 5.74) is 3.88. The summed E-state index contributed by atoms with van der Waals surface area (Å²) in [6.45, 7) is 3.60. The zero-order valence-electron chi connectivity index (χ0n) is 20.3. The van der Waals surface area contributed by atoms with Gasteiger partial charge in [-0.2, -0.15) is 0 Å². The van der Waals surface area contributed by atoms with Crippen LogP contribution in [0.2, 0.25) is 5.02 Å². The SMILES string of the molecule is O=C(c1ccc(NCC(O)c2cccc3cccnc23)cc1)N1CCN(Cc2ccc(Cl)c(F)c2)CC1. The van der Waals surface area contributed by atoms with Crippen LogP contribution in [-0.2, 0) is 6.54 Å². The first-order chi connectivity index (χ1) is 18.0. The van der Waals surface area contributed by atoms with Gasteiger partial charge in [0.1, 0.15) is 5.82 Å². The maximum absolute atomic E-state index is 13.7. The van der Waals surface area contributed by atoms with Crippen molar-refractivity contribution < 1.29 is 14.3 Å². The van der Waals surface area contributed by atoms with E-state index in [-0.39, 0.29) is 10.9 Å². The number of nitrogens with zero attached hydrogens (tertiary/aromatic N) is 3. The molecule has 1 fully saturated rings. The van der Waals surface area contributed by atoms with Crippen LogP contribution in [0.4, 0.5) is 10.1 Å². The van der Waals surface area contributed by atoms with Crippen molar-refractivity contribution in [2.45, 2.75) is 12.6 Å². The Morgan fingerprint density at radius 2 is 1.78 bits per heavy atom. The molecule has 37 heavy (non-hydrogen) atoms. The van der Waals surface area contributed by atoms with Gasteiger partial charge >= 0.3 is 0 Å². The largest absolute Gasteiger partial charge is 0.386 e. The molecular formula is C29H28ClFN4O2. The molecule has 2 N–H and O–H groups in total. The number of rotatable bonds is 7. The van der Waals surface area contributed by atoms with Gasteiger partial charge in [0, 0.05) is 67.7 Å². The molecule has 190 valence electrons. The first kappa shape index (κ1) is 25.1. The van der Waals surface area contributed by atoms with Crippen molar-refractivity contribution in [3.8, 4) is 0 Å². The highest BCUT2D eigenvalue weighted by Crippen LogP contribution is 2.23. The fraction of sp³-hybridized carbons (Fsp3) is 0.241. The molecule has 1 saturated heterocycles. The average molecular weight is 519 g/mol. The Morgan fingerprint density at radius 1 is 1.03 bits per heavy atom. The maximum atomic E-state index is 13.7. The fourth-order valence-electron chi connectivity index (χ4n) is 4.64. The average Bonchev–Trinajstić information content (AvgIpc) is 2.94. The Bertz CT molecular complexity index is 1390. The van der Waals surface area contributed by atoms with Crippen LogP contribution in [0.15, 0.2) is 79.0 Å². The predicted octanol–water partition coefficient (Wildman–Crippen LogP) is 5.13. The minimum absolute atomic E-state index is 0.00870. The van der Waals surface area contributed by atoms with E-state index in [0.29, 0.717) is 31.7 Å². The summed E-state index contributed by atoms with van der Waals surface area (Å²) in [4.78, 5) is 21.5. The Hall–Kier alpha value is -3.52. The van der Waals surface area contributed by atoms with Gasteiger partial charge < -0.3 is 15.3 Å². The summed E-state index contributed by atoms with van der Waals surface area (Å²) >= 11 is 5.77. The molecule has 5 rings (SSSR count). The molecule has 1 unspecified atom stereocenters. The smallest absolute Gasteiger partial charge is 0.253 e. The Balaban J connectivity index is 1.13. The number of pyridine rings is 1. The van der Waals surface area contributed by atoms with Crippen molar-refractivity contribution in [1.82, 2.24) is 14.8 Å².